The van der Waals surface area contributed by atoms with Crippen molar-refractivity contribution in [2.75, 3.05) is 0 Å². The van der Waals surface area contributed by atoms with Crippen LogP contribution in [0, 0.1) is 11.6 Å². The Hall–Kier alpha value is -1.39. The minimum atomic E-state index is -0.537. The monoisotopic (exact) mass is 279 g/mol. The van der Waals surface area contributed by atoms with Crippen molar-refractivity contribution in [3.05, 3.63) is 59.7 Å². The lowest BCUT2D eigenvalue weighted by Crippen LogP contribution is -2.18. The summed E-state index contributed by atoms with van der Waals surface area (Å²) >= 11 is 1.09. The third kappa shape index (κ3) is 3.78. The van der Waals surface area contributed by atoms with Gasteiger partial charge in [0, 0.05) is 10.9 Å². The second-order valence-electron chi connectivity index (χ2n) is 4.49. The van der Waals surface area contributed by atoms with E-state index in [2.05, 4.69) is 0 Å². The number of hydrogen-bond acceptors (Lipinski definition) is 2. The molecule has 4 heteroatoms. The molecular weight excluding hydrogens is 264 g/mol. The van der Waals surface area contributed by atoms with Crippen LogP contribution in [-0.4, -0.2) is 6.04 Å². The lowest BCUT2D eigenvalue weighted by molar-refractivity contribution is 0.535. The third-order valence-electron chi connectivity index (χ3n) is 2.58. The van der Waals surface area contributed by atoms with Gasteiger partial charge in [-0.25, -0.2) is 8.78 Å². The summed E-state index contributed by atoms with van der Waals surface area (Å²) in [5.41, 5.74) is 6.22. The first-order valence-electron chi connectivity index (χ1n) is 6.02. The Bertz CT molecular complexity index is 532. The van der Waals surface area contributed by atoms with E-state index in [9.17, 15) is 8.78 Å². The molecule has 1 unspecified atom stereocenters. The van der Waals surface area contributed by atoms with Gasteiger partial charge in [0.05, 0.1) is 4.90 Å². The molecule has 0 saturated heterocycles. The lowest BCUT2D eigenvalue weighted by Gasteiger charge is -2.09. The Morgan fingerprint density at radius 2 is 1.68 bits per heavy atom. The van der Waals surface area contributed by atoms with Crippen LogP contribution in [0.5, 0.6) is 0 Å². The fraction of sp³-hybridized carbons (Fsp3) is 0.200. The van der Waals surface area contributed by atoms with E-state index in [1.165, 1.54) is 12.1 Å². The highest BCUT2D eigenvalue weighted by Gasteiger charge is 2.13. The van der Waals surface area contributed by atoms with E-state index in [4.69, 9.17) is 5.73 Å². The number of hydrogen-bond donors (Lipinski definition) is 1. The van der Waals surface area contributed by atoms with E-state index < -0.39 is 11.6 Å². The summed E-state index contributed by atoms with van der Waals surface area (Å²) in [4.78, 5) is 0.833. The number of rotatable bonds is 4. The summed E-state index contributed by atoms with van der Waals surface area (Å²) in [5, 5.41) is 0. The fourth-order valence-corrected chi connectivity index (χ4v) is 2.65. The molecule has 1 atom stereocenters. The first-order chi connectivity index (χ1) is 9.06. The van der Waals surface area contributed by atoms with E-state index in [-0.39, 0.29) is 10.9 Å². The van der Waals surface area contributed by atoms with Crippen LogP contribution < -0.4 is 5.73 Å². The summed E-state index contributed by atoms with van der Waals surface area (Å²) < 4.78 is 27.9. The standard InChI is InChI=1S/C15H15F2NS/c1-10(18)7-11-8-13(16)15(14(17)9-11)19-12-5-3-2-4-6-12/h2-6,8-10H,7,18H2,1H3. The summed E-state index contributed by atoms with van der Waals surface area (Å²) in [7, 11) is 0. The van der Waals surface area contributed by atoms with Crippen LogP contribution in [0.25, 0.3) is 0 Å². The zero-order chi connectivity index (χ0) is 13.8. The van der Waals surface area contributed by atoms with Crippen LogP contribution in [0.3, 0.4) is 0 Å². The fourth-order valence-electron chi connectivity index (χ4n) is 1.81. The molecule has 0 saturated carbocycles. The van der Waals surface area contributed by atoms with Gasteiger partial charge < -0.3 is 5.73 Å². The second kappa shape index (κ2) is 6.17. The van der Waals surface area contributed by atoms with Gasteiger partial charge in [-0.2, -0.15) is 0 Å². The normalized spacial score (nSPS) is 12.4. The molecule has 100 valence electrons. The van der Waals surface area contributed by atoms with Crippen molar-refractivity contribution < 1.29 is 8.78 Å². The summed E-state index contributed by atoms with van der Waals surface area (Å²) in [6, 6.07) is 11.8. The first kappa shape index (κ1) is 14.0. The van der Waals surface area contributed by atoms with Crippen molar-refractivity contribution in [2.24, 2.45) is 5.73 Å². The number of benzene rings is 2. The Morgan fingerprint density at radius 3 is 2.21 bits per heavy atom. The molecule has 2 N–H and O–H groups in total. The van der Waals surface area contributed by atoms with Gasteiger partial charge in [0.25, 0.3) is 0 Å². The SMILES string of the molecule is CC(N)Cc1cc(F)c(Sc2ccccc2)c(F)c1. The first-order valence-corrected chi connectivity index (χ1v) is 6.84. The molecule has 0 aromatic heterocycles. The molecule has 0 fully saturated rings. The number of halogens is 2. The molecule has 19 heavy (non-hydrogen) atoms. The zero-order valence-corrected chi connectivity index (χ0v) is 11.4. The largest absolute Gasteiger partial charge is 0.328 e. The molecule has 0 radical (unpaired) electrons. The quantitative estimate of drug-likeness (QED) is 0.915. The predicted octanol–water partition coefficient (Wildman–Crippen LogP) is 4.01. The van der Waals surface area contributed by atoms with Gasteiger partial charge in [-0.1, -0.05) is 30.0 Å². The summed E-state index contributed by atoms with van der Waals surface area (Å²) in [6.45, 7) is 1.81. The topological polar surface area (TPSA) is 26.0 Å². The van der Waals surface area contributed by atoms with Crippen molar-refractivity contribution in [3.8, 4) is 0 Å². The molecule has 1 nitrogen and oxygen atoms in total. The maximum Gasteiger partial charge on any atom is 0.140 e. The molecule has 0 amide bonds. The molecule has 2 rings (SSSR count). The van der Waals surface area contributed by atoms with Crippen LogP contribution >= 0.6 is 11.8 Å². The molecule has 0 bridgehead atoms. The van der Waals surface area contributed by atoms with E-state index in [0.717, 1.165) is 16.7 Å². The number of nitrogens with two attached hydrogens (primary N) is 1. The van der Waals surface area contributed by atoms with Crippen molar-refractivity contribution in [3.63, 3.8) is 0 Å². The van der Waals surface area contributed by atoms with Crippen LogP contribution in [-0.2, 0) is 6.42 Å². The van der Waals surface area contributed by atoms with Crippen molar-refractivity contribution in [1.29, 1.82) is 0 Å². The van der Waals surface area contributed by atoms with Gasteiger partial charge in [-0.15, -0.1) is 0 Å². The van der Waals surface area contributed by atoms with Gasteiger partial charge in [0.15, 0.2) is 0 Å². The smallest absolute Gasteiger partial charge is 0.140 e. The summed E-state index contributed by atoms with van der Waals surface area (Å²) in [6.07, 6.45) is 0.462. The summed E-state index contributed by atoms with van der Waals surface area (Å²) in [5.74, 6) is -1.07. The highest BCUT2D eigenvalue weighted by atomic mass is 32.2. The molecule has 0 aliphatic heterocycles. The van der Waals surface area contributed by atoms with E-state index in [1.807, 2.05) is 37.3 Å². The third-order valence-corrected chi connectivity index (χ3v) is 3.68. The van der Waals surface area contributed by atoms with Crippen molar-refractivity contribution in [1.82, 2.24) is 0 Å². The van der Waals surface area contributed by atoms with E-state index >= 15 is 0 Å². The molecular formula is C15H15F2NS. The van der Waals surface area contributed by atoms with E-state index in [0.29, 0.717) is 12.0 Å². The van der Waals surface area contributed by atoms with Gasteiger partial charge in [0.2, 0.25) is 0 Å². The zero-order valence-electron chi connectivity index (χ0n) is 10.6. The van der Waals surface area contributed by atoms with Gasteiger partial charge in [0.1, 0.15) is 11.6 Å². The highest BCUT2D eigenvalue weighted by molar-refractivity contribution is 7.99. The average Bonchev–Trinajstić information content (AvgIpc) is 2.34. The Balaban J connectivity index is 2.27. The molecule has 0 spiro atoms. The van der Waals surface area contributed by atoms with Gasteiger partial charge in [-0.3, -0.25) is 0 Å². The van der Waals surface area contributed by atoms with Crippen LogP contribution in [0.4, 0.5) is 8.78 Å². The van der Waals surface area contributed by atoms with Crippen molar-refractivity contribution >= 4 is 11.8 Å². The van der Waals surface area contributed by atoms with Gasteiger partial charge in [-0.05, 0) is 43.2 Å². The van der Waals surface area contributed by atoms with E-state index in [1.54, 1.807) is 0 Å². The molecule has 0 heterocycles. The Kier molecular flexibility index (Phi) is 4.56. The maximum atomic E-state index is 13.9. The Labute approximate surface area is 115 Å². The molecule has 0 aliphatic carbocycles. The minimum absolute atomic E-state index is 0.0274. The van der Waals surface area contributed by atoms with Crippen LogP contribution in [0.2, 0.25) is 0 Å². The Morgan fingerprint density at radius 1 is 1.11 bits per heavy atom. The molecule has 2 aromatic carbocycles. The maximum absolute atomic E-state index is 13.9. The van der Waals surface area contributed by atoms with Crippen LogP contribution in [0.15, 0.2) is 52.3 Å². The minimum Gasteiger partial charge on any atom is -0.328 e. The predicted molar refractivity (Wildman–Crippen MR) is 74.3 cm³/mol. The lowest BCUT2D eigenvalue weighted by atomic mass is 10.1. The molecule has 2 aromatic rings. The van der Waals surface area contributed by atoms with Gasteiger partial charge >= 0.3 is 0 Å². The second-order valence-corrected chi connectivity index (χ2v) is 5.57. The van der Waals surface area contributed by atoms with Crippen LogP contribution in [0.1, 0.15) is 12.5 Å². The molecule has 0 aliphatic rings. The van der Waals surface area contributed by atoms with Crippen molar-refractivity contribution in [2.45, 2.75) is 29.2 Å². The average molecular weight is 279 g/mol. The highest BCUT2D eigenvalue weighted by Crippen LogP contribution is 2.32.